The van der Waals surface area contributed by atoms with E-state index in [0.717, 1.165) is 22.3 Å². The SMILES string of the molecule is CS(=O)(=O)Cc1ccc(CNC(=O)c2cn(Cc3ccccc3)nc2-c2ccccc2)cc1. The van der Waals surface area contributed by atoms with Crippen LogP contribution in [0.2, 0.25) is 0 Å². The predicted molar refractivity (Wildman–Crippen MR) is 129 cm³/mol. The van der Waals surface area contributed by atoms with Crippen LogP contribution in [-0.2, 0) is 28.7 Å². The highest BCUT2D eigenvalue weighted by Crippen LogP contribution is 2.22. The lowest BCUT2D eigenvalue weighted by atomic mass is 10.1. The number of aromatic nitrogens is 2. The Labute approximate surface area is 193 Å². The molecule has 0 aliphatic carbocycles. The largest absolute Gasteiger partial charge is 0.348 e. The predicted octanol–water partition coefficient (Wildman–Crippen LogP) is 4.07. The van der Waals surface area contributed by atoms with E-state index >= 15 is 0 Å². The van der Waals surface area contributed by atoms with Gasteiger partial charge >= 0.3 is 0 Å². The summed E-state index contributed by atoms with van der Waals surface area (Å²) in [6.07, 6.45) is 2.99. The van der Waals surface area contributed by atoms with Gasteiger partial charge < -0.3 is 5.32 Å². The zero-order valence-electron chi connectivity index (χ0n) is 18.3. The van der Waals surface area contributed by atoms with Crippen molar-refractivity contribution in [1.82, 2.24) is 15.1 Å². The Morgan fingerprint density at radius 1 is 0.848 bits per heavy atom. The number of rotatable bonds is 8. The standard InChI is InChI=1S/C26H25N3O3S/c1-33(31,32)19-22-14-12-20(13-15-22)16-27-26(30)24-18-29(17-21-8-4-2-5-9-21)28-25(24)23-10-6-3-7-11-23/h2-15,18H,16-17,19H2,1H3,(H,27,30). The molecule has 1 amide bonds. The maximum atomic E-state index is 13.1. The molecule has 0 unspecified atom stereocenters. The molecule has 0 aliphatic heterocycles. The van der Waals surface area contributed by atoms with Crippen LogP contribution in [0.4, 0.5) is 0 Å². The number of sulfone groups is 1. The van der Waals surface area contributed by atoms with Crippen molar-refractivity contribution in [2.24, 2.45) is 0 Å². The molecule has 7 heteroatoms. The average molecular weight is 460 g/mol. The van der Waals surface area contributed by atoms with Crippen LogP contribution >= 0.6 is 0 Å². The second kappa shape index (κ2) is 9.83. The van der Waals surface area contributed by atoms with Gasteiger partial charge in [0.1, 0.15) is 5.69 Å². The molecule has 0 fully saturated rings. The van der Waals surface area contributed by atoms with Crippen molar-refractivity contribution >= 4 is 15.7 Å². The number of nitrogens with one attached hydrogen (secondary N) is 1. The van der Waals surface area contributed by atoms with Crippen molar-refractivity contribution in [2.75, 3.05) is 6.26 Å². The number of benzene rings is 3. The van der Waals surface area contributed by atoms with Crippen LogP contribution in [-0.4, -0.2) is 30.4 Å². The van der Waals surface area contributed by atoms with Crippen LogP contribution in [0.1, 0.15) is 27.0 Å². The van der Waals surface area contributed by atoms with Crippen molar-refractivity contribution in [3.8, 4) is 11.3 Å². The molecule has 6 nitrogen and oxygen atoms in total. The minimum Gasteiger partial charge on any atom is -0.348 e. The summed E-state index contributed by atoms with van der Waals surface area (Å²) >= 11 is 0. The summed E-state index contributed by atoms with van der Waals surface area (Å²) < 4.78 is 24.7. The van der Waals surface area contributed by atoms with Crippen LogP contribution in [0.3, 0.4) is 0 Å². The molecule has 0 radical (unpaired) electrons. The summed E-state index contributed by atoms with van der Waals surface area (Å²) in [6, 6.07) is 26.8. The number of amides is 1. The van der Waals surface area contributed by atoms with Crippen molar-refractivity contribution in [1.29, 1.82) is 0 Å². The fraction of sp³-hybridized carbons (Fsp3) is 0.154. The van der Waals surface area contributed by atoms with Gasteiger partial charge in [-0.2, -0.15) is 5.10 Å². The van der Waals surface area contributed by atoms with Gasteiger partial charge in [0, 0.05) is 24.6 Å². The fourth-order valence-corrected chi connectivity index (χ4v) is 4.38. The third-order valence-electron chi connectivity index (χ3n) is 5.15. The molecule has 33 heavy (non-hydrogen) atoms. The Morgan fingerprint density at radius 2 is 1.45 bits per heavy atom. The van der Waals surface area contributed by atoms with Gasteiger partial charge in [0.2, 0.25) is 0 Å². The highest BCUT2D eigenvalue weighted by molar-refractivity contribution is 7.89. The lowest BCUT2D eigenvalue weighted by Crippen LogP contribution is -2.23. The highest BCUT2D eigenvalue weighted by atomic mass is 32.2. The van der Waals surface area contributed by atoms with Crippen molar-refractivity contribution in [3.05, 3.63) is 113 Å². The third-order valence-corrected chi connectivity index (χ3v) is 6.00. The molecule has 168 valence electrons. The van der Waals surface area contributed by atoms with E-state index in [2.05, 4.69) is 5.32 Å². The first-order chi connectivity index (χ1) is 15.9. The Bertz CT molecular complexity index is 1330. The number of carbonyl (C=O) groups excluding carboxylic acids is 1. The van der Waals surface area contributed by atoms with Crippen molar-refractivity contribution < 1.29 is 13.2 Å². The van der Waals surface area contributed by atoms with Crippen LogP contribution in [0, 0.1) is 0 Å². The summed E-state index contributed by atoms with van der Waals surface area (Å²) in [4.78, 5) is 13.1. The Morgan fingerprint density at radius 3 is 2.09 bits per heavy atom. The zero-order chi connectivity index (χ0) is 23.3. The van der Waals surface area contributed by atoms with Crippen LogP contribution < -0.4 is 5.32 Å². The van der Waals surface area contributed by atoms with Crippen molar-refractivity contribution in [2.45, 2.75) is 18.8 Å². The lowest BCUT2D eigenvalue weighted by Gasteiger charge is -2.07. The first-order valence-corrected chi connectivity index (χ1v) is 12.6. The second-order valence-corrected chi connectivity index (χ2v) is 10.2. The smallest absolute Gasteiger partial charge is 0.255 e. The minimum absolute atomic E-state index is 0.000669. The first-order valence-electron chi connectivity index (χ1n) is 10.6. The maximum Gasteiger partial charge on any atom is 0.255 e. The van der Waals surface area contributed by atoms with E-state index in [1.165, 1.54) is 6.26 Å². The molecular weight excluding hydrogens is 434 g/mol. The van der Waals surface area contributed by atoms with E-state index in [0.29, 0.717) is 24.3 Å². The molecule has 4 rings (SSSR count). The van der Waals surface area contributed by atoms with E-state index in [-0.39, 0.29) is 11.7 Å². The molecule has 0 aliphatic rings. The Kier molecular flexibility index (Phi) is 6.70. The number of carbonyl (C=O) groups is 1. The quantitative estimate of drug-likeness (QED) is 0.431. The van der Waals surface area contributed by atoms with E-state index in [1.807, 2.05) is 72.8 Å². The van der Waals surface area contributed by atoms with Crippen LogP contribution in [0.25, 0.3) is 11.3 Å². The molecule has 1 N–H and O–H groups in total. The molecule has 3 aromatic carbocycles. The molecule has 0 saturated carbocycles. The number of nitrogens with zero attached hydrogens (tertiary/aromatic N) is 2. The van der Waals surface area contributed by atoms with E-state index in [1.54, 1.807) is 23.0 Å². The molecular formula is C26H25N3O3S. The normalized spacial score (nSPS) is 11.3. The number of hydrogen-bond acceptors (Lipinski definition) is 4. The lowest BCUT2D eigenvalue weighted by molar-refractivity contribution is 0.0951. The average Bonchev–Trinajstić information content (AvgIpc) is 3.22. The van der Waals surface area contributed by atoms with Gasteiger partial charge in [0.05, 0.1) is 17.9 Å². The summed E-state index contributed by atoms with van der Waals surface area (Å²) in [5.74, 6) is -0.214. The topological polar surface area (TPSA) is 81.1 Å². The Hall–Kier alpha value is -3.71. The molecule has 0 bridgehead atoms. The van der Waals surface area contributed by atoms with E-state index < -0.39 is 9.84 Å². The summed E-state index contributed by atoms with van der Waals surface area (Å²) in [5, 5.41) is 7.66. The van der Waals surface area contributed by atoms with Gasteiger partial charge in [-0.3, -0.25) is 9.48 Å². The third kappa shape index (κ3) is 6.17. The van der Waals surface area contributed by atoms with Crippen LogP contribution in [0.15, 0.2) is 91.1 Å². The van der Waals surface area contributed by atoms with E-state index in [4.69, 9.17) is 5.10 Å². The molecule has 0 atom stereocenters. The second-order valence-electron chi connectivity index (χ2n) is 8.01. The Balaban J connectivity index is 1.52. The molecule has 4 aromatic rings. The molecule has 0 spiro atoms. The maximum absolute atomic E-state index is 13.1. The van der Waals surface area contributed by atoms with Gasteiger partial charge in [-0.05, 0) is 16.7 Å². The van der Waals surface area contributed by atoms with Gasteiger partial charge in [0.15, 0.2) is 9.84 Å². The summed E-state index contributed by atoms with van der Waals surface area (Å²) in [7, 11) is -3.08. The first kappa shape index (κ1) is 22.5. The summed E-state index contributed by atoms with van der Waals surface area (Å²) in [6.45, 7) is 0.895. The van der Waals surface area contributed by atoms with Gasteiger partial charge in [-0.1, -0.05) is 84.9 Å². The van der Waals surface area contributed by atoms with Gasteiger partial charge in [-0.15, -0.1) is 0 Å². The highest BCUT2D eigenvalue weighted by Gasteiger charge is 2.18. The van der Waals surface area contributed by atoms with E-state index in [9.17, 15) is 13.2 Å². The number of hydrogen-bond donors (Lipinski definition) is 1. The van der Waals surface area contributed by atoms with Crippen molar-refractivity contribution in [3.63, 3.8) is 0 Å². The minimum atomic E-state index is -3.08. The zero-order valence-corrected chi connectivity index (χ0v) is 19.1. The van der Waals surface area contributed by atoms with Gasteiger partial charge in [0.25, 0.3) is 5.91 Å². The molecule has 0 saturated heterocycles. The molecule has 1 heterocycles. The van der Waals surface area contributed by atoms with Crippen LogP contribution in [0.5, 0.6) is 0 Å². The fourth-order valence-electron chi connectivity index (χ4n) is 3.58. The summed E-state index contributed by atoms with van der Waals surface area (Å²) in [5.41, 5.74) is 4.72. The monoisotopic (exact) mass is 459 g/mol. The molecule has 1 aromatic heterocycles. The van der Waals surface area contributed by atoms with Gasteiger partial charge in [-0.25, -0.2) is 8.42 Å².